The first kappa shape index (κ1) is 21.9. The van der Waals surface area contributed by atoms with Crippen molar-refractivity contribution >= 4 is 35.0 Å². The lowest BCUT2D eigenvalue weighted by molar-refractivity contribution is -0.126. The monoisotopic (exact) mass is 421 g/mol. The molecule has 0 unspecified atom stereocenters. The molecular formula is C23H27N5O3. The molecule has 8 nitrogen and oxygen atoms in total. The smallest absolute Gasteiger partial charge is 0.323 e. The van der Waals surface area contributed by atoms with E-state index in [2.05, 4.69) is 27.8 Å². The molecule has 3 rings (SSSR count). The number of rotatable bonds is 6. The number of piperidine rings is 1. The highest BCUT2D eigenvalue weighted by Gasteiger charge is 2.28. The summed E-state index contributed by atoms with van der Waals surface area (Å²) < 4.78 is 0. The number of urea groups is 2. The van der Waals surface area contributed by atoms with Gasteiger partial charge in [0.05, 0.1) is 5.92 Å². The van der Waals surface area contributed by atoms with Crippen LogP contribution in [-0.4, -0.2) is 42.5 Å². The summed E-state index contributed by atoms with van der Waals surface area (Å²) in [6.07, 6.45) is 3.17. The molecule has 1 atom stereocenters. The molecule has 1 heterocycles. The largest absolute Gasteiger partial charge is 0.352 e. The third-order valence-corrected chi connectivity index (χ3v) is 4.93. The number of benzene rings is 2. The van der Waals surface area contributed by atoms with Gasteiger partial charge in [-0.25, -0.2) is 9.59 Å². The minimum Gasteiger partial charge on any atom is -0.352 e. The Morgan fingerprint density at radius 3 is 2.19 bits per heavy atom. The molecule has 8 heteroatoms. The summed E-state index contributed by atoms with van der Waals surface area (Å²) in [5, 5.41) is 11.1. The van der Waals surface area contributed by atoms with E-state index in [0.29, 0.717) is 36.7 Å². The van der Waals surface area contributed by atoms with E-state index < -0.39 is 0 Å². The van der Waals surface area contributed by atoms with Crippen molar-refractivity contribution in [2.75, 3.05) is 35.6 Å². The first-order valence-electron chi connectivity index (χ1n) is 10.2. The van der Waals surface area contributed by atoms with Crippen LogP contribution in [0.25, 0.3) is 0 Å². The van der Waals surface area contributed by atoms with Gasteiger partial charge in [0.2, 0.25) is 5.91 Å². The van der Waals surface area contributed by atoms with Gasteiger partial charge in [0, 0.05) is 36.7 Å². The van der Waals surface area contributed by atoms with Crippen LogP contribution in [-0.2, 0) is 4.79 Å². The third-order valence-electron chi connectivity index (χ3n) is 4.93. The lowest BCUT2D eigenvalue weighted by atomic mass is 9.97. The maximum Gasteiger partial charge on any atom is 0.323 e. The zero-order valence-corrected chi connectivity index (χ0v) is 17.3. The van der Waals surface area contributed by atoms with Crippen LogP contribution in [0.5, 0.6) is 0 Å². The predicted octanol–water partition coefficient (Wildman–Crippen LogP) is 3.88. The van der Waals surface area contributed by atoms with Crippen LogP contribution in [0.4, 0.5) is 26.7 Å². The molecule has 2 aromatic carbocycles. The maximum absolute atomic E-state index is 12.6. The number of nitrogens with zero attached hydrogens (tertiary/aromatic N) is 1. The summed E-state index contributed by atoms with van der Waals surface area (Å²) in [5.41, 5.74) is 1.91. The van der Waals surface area contributed by atoms with Crippen molar-refractivity contribution in [1.29, 1.82) is 0 Å². The van der Waals surface area contributed by atoms with Crippen LogP contribution in [0.15, 0.2) is 67.3 Å². The summed E-state index contributed by atoms with van der Waals surface area (Å²) in [4.78, 5) is 38.5. The molecule has 0 aromatic heterocycles. The number of hydrogen-bond acceptors (Lipinski definition) is 3. The van der Waals surface area contributed by atoms with E-state index in [-0.39, 0.29) is 23.9 Å². The third kappa shape index (κ3) is 6.60. The summed E-state index contributed by atoms with van der Waals surface area (Å²) in [6, 6.07) is 15.4. The van der Waals surface area contributed by atoms with Gasteiger partial charge in [-0.1, -0.05) is 24.3 Å². The highest BCUT2D eigenvalue weighted by Crippen LogP contribution is 2.19. The standard InChI is InChI=1S/C23H27N5O3/c1-2-14-24-21(29)17-7-6-15-28(16-17)23(31)27-20-12-10-19(11-13-20)26-22(30)25-18-8-4-3-5-9-18/h2-5,8-13,17H,1,6-7,14-16H2,(H,24,29)(H,27,31)(H2,25,26,30)/t17-/m1/s1. The van der Waals surface area contributed by atoms with Crippen molar-refractivity contribution < 1.29 is 14.4 Å². The van der Waals surface area contributed by atoms with E-state index in [9.17, 15) is 14.4 Å². The number of nitrogens with one attached hydrogen (secondary N) is 4. The maximum atomic E-state index is 12.6. The van der Waals surface area contributed by atoms with Crippen LogP contribution >= 0.6 is 0 Å². The van der Waals surface area contributed by atoms with Crippen molar-refractivity contribution in [3.8, 4) is 0 Å². The number of anilines is 3. The molecule has 2 aromatic rings. The molecule has 5 amide bonds. The average Bonchev–Trinajstić information content (AvgIpc) is 2.79. The topological polar surface area (TPSA) is 103 Å². The number of likely N-dealkylation sites (tertiary alicyclic amines) is 1. The SMILES string of the molecule is C=CCNC(=O)[C@@H]1CCCN(C(=O)Nc2ccc(NC(=O)Nc3ccccc3)cc2)C1. The second-order valence-corrected chi connectivity index (χ2v) is 7.27. The van der Waals surface area contributed by atoms with Crippen molar-refractivity contribution in [2.45, 2.75) is 12.8 Å². The molecule has 0 saturated carbocycles. The van der Waals surface area contributed by atoms with Crippen LogP contribution in [0.1, 0.15) is 12.8 Å². The van der Waals surface area contributed by atoms with Crippen LogP contribution in [0.2, 0.25) is 0 Å². The Hall–Kier alpha value is -3.81. The Kier molecular flexibility index (Phi) is 7.64. The van der Waals surface area contributed by atoms with Crippen LogP contribution in [0, 0.1) is 5.92 Å². The van der Waals surface area contributed by atoms with Crippen molar-refractivity contribution in [1.82, 2.24) is 10.2 Å². The number of carbonyl (C=O) groups is 3. The van der Waals surface area contributed by atoms with Gasteiger partial charge in [0.1, 0.15) is 0 Å². The molecule has 1 aliphatic heterocycles. The van der Waals surface area contributed by atoms with E-state index in [1.807, 2.05) is 18.2 Å². The normalized spacial score (nSPS) is 15.5. The van der Waals surface area contributed by atoms with E-state index >= 15 is 0 Å². The van der Waals surface area contributed by atoms with E-state index in [0.717, 1.165) is 12.8 Å². The van der Waals surface area contributed by atoms with Crippen molar-refractivity contribution in [2.24, 2.45) is 5.92 Å². The average molecular weight is 422 g/mol. The molecule has 0 spiro atoms. The second-order valence-electron chi connectivity index (χ2n) is 7.27. The minimum absolute atomic E-state index is 0.0541. The summed E-state index contributed by atoms with van der Waals surface area (Å²) in [6.45, 7) is 5.00. The van der Waals surface area contributed by atoms with Gasteiger partial charge in [0.25, 0.3) is 0 Å². The predicted molar refractivity (Wildman–Crippen MR) is 122 cm³/mol. The van der Waals surface area contributed by atoms with Crippen molar-refractivity contribution in [3.63, 3.8) is 0 Å². The zero-order valence-electron chi connectivity index (χ0n) is 17.3. The van der Waals surface area contributed by atoms with Crippen LogP contribution < -0.4 is 21.3 Å². The molecule has 162 valence electrons. The fourth-order valence-corrected chi connectivity index (χ4v) is 3.35. The molecule has 1 aliphatic rings. The van der Waals surface area contributed by atoms with Gasteiger partial charge in [-0.3, -0.25) is 4.79 Å². The fraction of sp³-hybridized carbons (Fsp3) is 0.261. The van der Waals surface area contributed by atoms with Crippen LogP contribution in [0.3, 0.4) is 0 Å². The van der Waals surface area contributed by atoms with E-state index in [4.69, 9.17) is 0 Å². The molecule has 0 aliphatic carbocycles. The molecule has 0 radical (unpaired) electrons. The number of amides is 5. The number of carbonyl (C=O) groups excluding carboxylic acids is 3. The Labute approximate surface area is 181 Å². The number of para-hydroxylation sites is 1. The molecule has 1 saturated heterocycles. The Morgan fingerprint density at radius 2 is 1.55 bits per heavy atom. The number of hydrogen-bond donors (Lipinski definition) is 4. The lowest BCUT2D eigenvalue weighted by Crippen LogP contribution is -2.46. The van der Waals surface area contributed by atoms with Gasteiger partial charge in [-0.2, -0.15) is 0 Å². The molecular weight excluding hydrogens is 394 g/mol. The fourth-order valence-electron chi connectivity index (χ4n) is 3.35. The zero-order chi connectivity index (χ0) is 22.1. The van der Waals surface area contributed by atoms with Gasteiger partial charge in [0.15, 0.2) is 0 Å². The molecule has 31 heavy (non-hydrogen) atoms. The lowest BCUT2D eigenvalue weighted by Gasteiger charge is -2.32. The summed E-state index contributed by atoms with van der Waals surface area (Å²) >= 11 is 0. The van der Waals surface area contributed by atoms with E-state index in [1.54, 1.807) is 47.4 Å². The first-order valence-corrected chi connectivity index (χ1v) is 10.2. The molecule has 4 N–H and O–H groups in total. The van der Waals surface area contributed by atoms with Gasteiger partial charge >= 0.3 is 12.1 Å². The first-order chi connectivity index (χ1) is 15.0. The highest BCUT2D eigenvalue weighted by atomic mass is 16.2. The quantitative estimate of drug-likeness (QED) is 0.532. The molecule has 0 bridgehead atoms. The Balaban J connectivity index is 1.49. The van der Waals surface area contributed by atoms with Gasteiger partial charge in [-0.15, -0.1) is 6.58 Å². The van der Waals surface area contributed by atoms with Gasteiger partial charge < -0.3 is 26.2 Å². The molecule has 1 fully saturated rings. The van der Waals surface area contributed by atoms with Crippen molar-refractivity contribution in [3.05, 3.63) is 67.3 Å². The Bertz CT molecular complexity index is 915. The second kappa shape index (κ2) is 10.8. The summed E-state index contributed by atoms with van der Waals surface area (Å²) in [5.74, 6) is -0.268. The van der Waals surface area contributed by atoms with E-state index in [1.165, 1.54) is 0 Å². The highest BCUT2D eigenvalue weighted by molar-refractivity contribution is 6.00. The summed E-state index contributed by atoms with van der Waals surface area (Å²) in [7, 11) is 0. The Morgan fingerprint density at radius 1 is 0.935 bits per heavy atom. The van der Waals surface area contributed by atoms with Gasteiger partial charge in [-0.05, 0) is 49.2 Å². The minimum atomic E-state index is -0.350.